The van der Waals surface area contributed by atoms with Crippen molar-refractivity contribution in [3.63, 3.8) is 0 Å². The standard InChI is InChI=1S/C22H29N5O/c1-17-21(16-27(25-17)10-11-28)15-26-9-5-8-19(14-26)22-20(13-23-24-22)12-18-6-3-2-4-7-18/h2-4,6-7,13,16,19,28H,5,8-12,14-15H2,1H3,(H,23,24). The number of likely N-dealkylation sites (tertiary alicyclic amines) is 1. The first-order valence-electron chi connectivity index (χ1n) is 10.1. The fraction of sp³-hybridized carbons (Fsp3) is 0.455. The second-order valence-corrected chi connectivity index (χ2v) is 7.77. The largest absolute Gasteiger partial charge is 0.394 e. The van der Waals surface area contributed by atoms with Crippen molar-refractivity contribution in [2.75, 3.05) is 19.7 Å². The summed E-state index contributed by atoms with van der Waals surface area (Å²) in [5.41, 5.74) is 6.24. The summed E-state index contributed by atoms with van der Waals surface area (Å²) < 4.78 is 1.85. The number of hydrogen-bond donors (Lipinski definition) is 2. The molecule has 0 bridgehead atoms. The number of benzene rings is 1. The average molecular weight is 380 g/mol. The van der Waals surface area contributed by atoms with E-state index >= 15 is 0 Å². The molecule has 0 radical (unpaired) electrons. The molecule has 1 unspecified atom stereocenters. The van der Waals surface area contributed by atoms with E-state index in [1.54, 1.807) is 0 Å². The molecule has 1 aliphatic rings. The highest BCUT2D eigenvalue weighted by Crippen LogP contribution is 2.29. The average Bonchev–Trinajstić information content (AvgIpc) is 3.30. The lowest BCUT2D eigenvalue weighted by Crippen LogP contribution is -2.34. The van der Waals surface area contributed by atoms with Crippen molar-refractivity contribution in [2.45, 2.75) is 45.2 Å². The van der Waals surface area contributed by atoms with Crippen LogP contribution in [0, 0.1) is 6.92 Å². The van der Waals surface area contributed by atoms with Crippen molar-refractivity contribution in [3.05, 3.63) is 70.8 Å². The van der Waals surface area contributed by atoms with Gasteiger partial charge in [-0.05, 0) is 37.4 Å². The third kappa shape index (κ3) is 4.34. The molecule has 3 aromatic rings. The normalized spacial score (nSPS) is 17.9. The van der Waals surface area contributed by atoms with Crippen molar-refractivity contribution in [2.24, 2.45) is 0 Å². The quantitative estimate of drug-likeness (QED) is 0.662. The Morgan fingerprint density at radius 1 is 1.21 bits per heavy atom. The van der Waals surface area contributed by atoms with Gasteiger partial charge < -0.3 is 5.11 Å². The number of nitrogens with zero attached hydrogens (tertiary/aromatic N) is 4. The molecule has 6 heteroatoms. The van der Waals surface area contributed by atoms with Gasteiger partial charge in [-0.25, -0.2) is 0 Å². The van der Waals surface area contributed by atoms with Crippen molar-refractivity contribution in [1.82, 2.24) is 24.9 Å². The molecule has 0 saturated carbocycles. The maximum Gasteiger partial charge on any atom is 0.0641 e. The highest BCUT2D eigenvalue weighted by atomic mass is 16.3. The van der Waals surface area contributed by atoms with E-state index in [1.807, 2.05) is 10.9 Å². The Kier molecular flexibility index (Phi) is 5.88. The molecule has 2 aromatic heterocycles. The van der Waals surface area contributed by atoms with Gasteiger partial charge in [-0.3, -0.25) is 14.7 Å². The fourth-order valence-corrected chi connectivity index (χ4v) is 4.24. The Labute approximate surface area is 166 Å². The Morgan fingerprint density at radius 2 is 2.07 bits per heavy atom. The van der Waals surface area contributed by atoms with Gasteiger partial charge in [0.15, 0.2) is 0 Å². The van der Waals surface area contributed by atoms with E-state index in [9.17, 15) is 0 Å². The number of rotatable bonds is 7. The predicted molar refractivity (Wildman–Crippen MR) is 109 cm³/mol. The highest BCUT2D eigenvalue weighted by Gasteiger charge is 2.25. The lowest BCUT2D eigenvalue weighted by molar-refractivity contribution is 0.197. The second kappa shape index (κ2) is 8.71. The molecule has 1 fully saturated rings. The summed E-state index contributed by atoms with van der Waals surface area (Å²) in [6.45, 7) is 5.79. The van der Waals surface area contributed by atoms with Crippen LogP contribution in [-0.4, -0.2) is 49.7 Å². The van der Waals surface area contributed by atoms with E-state index in [2.05, 4.69) is 63.6 Å². The number of nitrogens with one attached hydrogen (secondary N) is 1. The van der Waals surface area contributed by atoms with Gasteiger partial charge in [0.2, 0.25) is 0 Å². The summed E-state index contributed by atoms with van der Waals surface area (Å²) in [6, 6.07) is 10.6. The molecule has 0 aliphatic carbocycles. The van der Waals surface area contributed by atoms with Gasteiger partial charge in [0, 0.05) is 42.9 Å². The van der Waals surface area contributed by atoms with Crippen LogP contribution in [0.4, 0.5) is 0 Å². The zero-order valence-electron chi connectivity index (χ0n) is 16.5. The highest BCUT2D eigenvalue weighted by molar-refractivity contribution is 5.29. The van der Waals surface area contributed by atoms with E-state index < -0.39 is 0 Å². The van der Waals surface area contributed by atoms with Crippen molar-refractivity contribution < 1.29 is 5.11 Å². The zero-order chi connectivity index (χ0) is 19.3. The Balaban J connectivity index is 1.44. The first kappa shape index (κ1) is 18.9. The minimum Gasteiger partial charge on any atom is -0.394 e. The van der Waals surface area contributed by atoms with Gasteiger partial charge >= 0.3 is 0 Å². The zero-order valence-corrected chi connectivity index (χ0v) is 16.5. The molecule has 2 N–H and O–H groups in total. The molecule has 0 amide bonds. The Hall–Kier alpha value is -2.44. The molecule has 148 valence electrons. The lowest BCUT2D eigenvalue weighted by Gasteiger charge is -2.32. The van der Waals surface area contributed by atoms with Crippen LogP contribution < -0.4 is 0 Å². The number of aromatic amines is 1. The summed E-state index contributed by atoms with van der Waals surface area (Å²) in [5.74, 6) is 0.489. The third-order valence-corrected chi connectivity index (χ3v) is 5.67. The minimum atomic E-state index is 0.121. The van der Waals surface area contributed by atoms with E-state index in [4.69, 9.17) is 5.11 Å². The summed E-state index contributed by atoms with van der Waals surface area (Å²) in [5, 5.41) is 21.3. The summed E-state index contributed by atoms with van der Waals surface area (Å²) >= 11 is 0. The topological polar surface area (TPSA) is 70.0 Å². The minimum absolute atomic E-state index is 0.121. The summed E-state index contributed by atoms with van der Waals surface area (Å²) in [4.78, 5) is 2.52. The van der Waals surface area contributed by atoms with Crippen LogP contribution in [0.2, 0.25) is 0 Å². The van der Waals surface area contributed by atoms with E-state index in [0.29, 0.717) is 12.5 Å². The maximum atomic E-state index is 9.13. The van der Waals surface area contributed by atoms with Crippen molar-refractivity contribution >= 4 is 0 Å². The summed E-state index contributed by atoms with van der Waals surface area (Å²) in [6.07, 6.45) is 7.38. The fourth-order valence-electron chi connectivity index (χ4n) is 4.24. The van der Waals surface area contributed by atoms with Crippen LogP contribution in [0.5, 0.6) is 0 Å². The molecule has 4 rings (SSSR count). The smallest absolute Gasteiger partial charge is 0.0641 e. The molecular formula is C22H29N5O. The van der Waals surface area contributed by atoms with Crippen LogP contribution in [0.25, 0.3) is 0 Å². The molecular weight excluding hydrogens is 350 g/mol. The van der Waals surface area contributed by atoms with Crippen LogP contribution >= 0.6 is 0 Å². The Morgan fingerprint density at radius 3 is 2.89 bits per heavy atom. The van der Waals surface area contributed by atoms with Crippen molar-refractivity contribution in [3.8, 4) is 0 Å². The number of piperidine rings is 1. The van der Waals surface area contributed by atoms with Crippen molar-refractivity contribution in [1.29, 1.82) is 0 Å². The maximum absolute atomic E-state index is 9.13. The molecule has 6 nitrogen and oxygen atoms in total. The van der Waals surface area contributed by atoms with Gasteiger partial charge in [-0.15, -0.1) is 0 Å². The molecule has 0 spiro atoms. The molecule has 3 heterocycles. The molecule has 1 atom stereocenters. The van der Waals surface area contributed by atoms with Crippen LogP contribution in [-0.2, 0) is 19.5 Å². The van der Waals surface area contributed by atoms with Crippen LogP contribution in [0.3, 0.4) is 0 Å². The molecule has 1 aliphatic heterocycles. The molecule has 1 aromatic carbocycles. The second-order valence-electron chi connectivity index (χ2n) is 7.77. The first-order valence-corrected chi connectivity index (χ1v) is 10.1. The van der Waals surface area contributed by atoms with Gasteiger partial charge in [0.05, 0.1) is 25.0 Å². The number of aromatic nitrogens is 4. The van der Waals surface area contributed by atoms with Gasteiger partial charge in [0.25, 0.3) is 0 Å². The van der Waals surface area contributed by atoms with E-state index in [0.717, 1.165) is 31.7 Å². The lowest BCUT2D eigenvalue weighted by atomic mass is 9.90. The van der Waals surface area contributed by atoms with Gasteiger partial charge in [-0.2, -0.15) is 10.2 Å². The first-order chi connectivity index (χ1) is 13.7. The van der Waals surface area contributed by atoms with Crippen LogP contribution in [0.1, 0.15) is 46.8 Å². The number of aliphatic hydroxyl groups is 1. The number of aryl methyl sites for hydroxylation is 1. The molecule has 1 saturated heterocycles. The van der Waals surface area contributed by atoms with Crippen LogP contribution in [0.15, 0.2) is 42.7 Å². The van der Waals surface area contributed by atoms with E-state index in [-0.39, 0.29) is 6.61 Å². The SMILES string of the molecule is Cc1nn(CCO)cc1CN1CCCC(c2[nH]ncc2Cc2ccccc2)C1. The van der Waals surface area contributed by atoms with E-state index in [1.165, 1.54) is 35.2 Å². The summed E-state index contributed by atoms with van der Waals surface area (Å²) in [7, 11) is 0. The Bertz CT molecular complexity index is 885. The number of aliphatic hydroxyl groups excluding tert-OH is 1. The number of H-pyrrole nitrogens is 1. The number of hydrogen-bond acceptors (Lipinski definition) is 4. The molecule has 28 heavy (non-hydrogen) atoms. The monoisotopic (exact) mass is 379 g/mol. The van der Waals surface area contributed by atoms with Gasteiger partial charge in [0.1, 0.15) is 0 Å². The third-order valence-electron chi connectivity index (χ3n) is 5.67. The van der Waals surface area contributed by atoms with Gasteiger partial charge in [-0.1, -0.05) is 30.3 Å². The predicted octanol–water partition coefficient (Wildman–Crippen LogP) is 2.88.